The highest BCUT2D eigenvalue weighted by Gasteiger charge is 2.21. The molecule has 0 bridgehead atoms. The summed E-state index contributed by atoms with van der Waals surface area (Å²) in [4.78, 5) is 18.7. The molecule has 0 spiro atoms. The summed E-state index contributed by atoms with van der Waals surface area (Å²) in [5.41, 5.74) is 1.54. The SMILES string of the molecule is CCCC[C@H](c1cccnc1)N(C)C(=O)Nc1ccc(S(C)(=O)=O)cc1. The minimum Gasteiger partial charge on any atom is -0.320 e. The van der Waals surface area contributed by atoms with Gasteiger partial charge in [-0.15, -0.1) is 0 Å². The Bertz CT molecular complexity index is 821. The van der Waals surface area contributed by atoms with Crippen LogP contribution < -0.4 is 5.32 Å². The summed E-state index contributed by atoms with van der Waals surface area (Å²) >= 11 is 0. The minimum absolute atomic E-state index is 0.0704. The highest BCUT2D eigenvalue weighted by Crippen LogP contribution is 2.25. The molecule has 0 saturated carbocycles. The molecule has 2 amide bonds. The third-order valence-corrected chi connectivity index (χ3v) is 5.35. The van der Waals surface area contributed by atoms with Gasteiger partial charge < -0.3 is 10.2 Å². The van der Waals surface area contributed by atoms with Crippen LogP contribution in [0.15, 0.2) is 53.7 Å². The number of urea groups is 1. The van der Waals surface area contributed by atoms with Crippen molar-refractivity contribution >= 4 is 21.6 Å². The zero-order valence-electron chi connectivity index (χ0n) is 15.3. The lowest BCUT2D eigenvalue weighted by atomic mass is 10.0. The van der Waals surface area contributed by atoms with Crippen molar-refractivity contribution in [1.82, 2.24) is 9.88 Å². The average Bonchev–Trinajstić information content (AvgIpc) is 2.62. The van der Waals surface area contributed by atoms with E-state index in [2.05, 4.69) is 17.2 Å². The molecule has 0 fully saturated rings. The summed E-state index contributed by atoms with van der Waals surface area (Å²) in [6.45, 7) is 2.11. The Morgan fingerprint density at radius 1 is 1.23 bits per heavy atom. The smallest absolute Gasteiger partial charge is 0.320 e. The third kappa shape index (κ3) is 5.29. The summed E-state index contributed by atoms with van der Waals surface area (Å²) in [5.74, 6) is 0. The van der Waals surface area contributed by atoms with Crippen molar-refractivity contribution in [3.63, 3.8) is 0 Å². The van der Waals surface area contributed by atoms with Gasteiger partial charge in [0.05, 0.1) is 10.9 Å². The van der Waals surface area contributed by atoms with Crippen LogP contribution in [0.5, 0.6) is 0 Å². The number of carbonyl (C=O) groups is 1. The number of hydrogen-bond donors (Lipinski definition) is 1. The lowest BCUT2D eigenvalue weighted by Crippen LogP contribution is -2.35. The molecule has 0 aliphatic heterocycles. The van der Waals surface area contributed by atoms with Gasteiger partial charge in [-0.2, -0.15) is 0 Å². The van der Waals surface area contributed by atoms with Gasteiger partial charge in [0.2, 0.25) is 0 Å². The fraction of sp³-hybridized carbons (Fsp3) is 0.368. The highest BCUT2D eigenvalue weighted by atomic mass is 32.2. The van der Waals surface area contributed by atoms with Gasteiger partial charge in [0.15, 0.2) is 9.84 Å². The Kier molecular flexibility index (Phi) is 6.74. The number of benzene rings is 1. The van der Waals surface area contributed by atoms with Crippen molar-refractivity contribution in [2.75, 3.05) is 18.6 Å². The second-order valence-corrected chi connectivity index (χ2v) is 8.30. The van der Waals surface area contributed by atoms with Crippen LogP contribution in [0.25, 0.3) is 0 Å². The first-order valence-electron chi connectivity index (χ1n) is 8.56. The summed E-state index contributed by atoms with van der Waals surface area (Å²) in [5, 5.41) is 2.82. The van der Waals surface area contributed by atoms with Crippen LogP contribution in [-0.4, -0.2) is 37.6 Å². The molecule has 1 N–H and O–H groups in total. The predicted octanol–water partition coefficient (Wildman–Crippen LogP) is 3.88. The van der Waals surface area contributed by atoms with E-state index >= 15 is 0 Å². The van der Waals surface area contributed by atoms with Crippen LogP contribution in [0, 0.1) is 0 Å². The van der Waals surface area contributed by atoms with Crippen LogP contribution in [0.3, 0.4) is 0 Å². The molecular weight excluding hydrogens is 350 g/mol. The van der Waals surface area contributed by atoms with Crippen molar-refractivity contribution in [3.8, 4) is 0 Å². The average molecular weight is 375 g/mol. The molecule has 1 aromatic heterocycles. The number of aromatic nitrogens is 1. The van der Waals surface area contributed by atoms with Gasteiger partial charge in [-0.3, -0.25) is 4.98 Å². The monoisotopic (exact) mass is 375 g/mol. The molecule has 1 atom stereocenters. The van der Waals surface area contributed by atoms with Gasteiger partial charge in [-0.25, -0.2) is 13.2 Å². The Morgan fingerprint density at radius 2 is 1.92 bits per heavy atom. The molecule has 0 radical (unpaired) electrons. The largest absolute Gasteiger partial charge is 0.322 e. The zero-order chi connectivity index (χ0) is 19.2. The minimum atomic E-state index is -3.25. The summed E-state index contributed by atoms with van der Waals surface area (Å²) in [6, 6.07) is 9.67. The number of hydrogen-bond acceptors (Lipinski definition) is 4. The van der Waals surface area contributed by atoms with Crippen molar-refractivity contribution in [1.29, 1.82) is 0 Å². The van der Waals surface area contributed by atoms with E-state index in [0.29, 0.717) is 5.69 Å². The lowest BCUT2D eigenvalue weighted by molar-refractivity contribution is 0.199. The van der Waals surface area contributed by atoms with Crippen LogP contribution in [0.4, 0.5) is 10.5 Å². The number of rotatable bonds is 7. The van der Waals surface area contributed by atoms with E-state index in [9.17, 15) is 13.2 Å². The van der Waals surface area contributed by atoms with Crippen LogP contribution in [0.2, 0.25) is 0 Å². The molecular formula is C19H25N3O3S. The molecule has 0 unspecified atom stereocenters. The number of amides is 2. The Labute approximate surface area is 155 Å². The maximum absolute atomic E-state index is 12.6. The van der Waals surface area contributed by atoms with E-state index in [0.717, 1.165) is 31.1 Å². The molecule has 2 aromatic rings. The van der Waals surface area contributed by atoms with Crippen molar-refractivity contribution in [2.45, 2.75) is 37.1 Å². The molecule has 2 rings (SSSR count). The fourth-order valence-corrected chi connectivity index (χ4v) is 3.32. The quantitative estimate of drug-likeness (QED) is 0.796. The van der Waals surface area contributed by atoms with E-state index in [-0.39, 0.29) is 17.0 Å². The molecule has 0 saturated heterocycles. The van der Waals surface area contributed by atoms with Gasteiger partial charge in [0.1, 0.15) is 0 Å². The molecule has 1 aromatic carbocycles. The van der Waals surface area contributed by atoms with Crippen LogP contribution >= 0.6 is 0 Å². The Morgan fingerprint density at radius 3 is 2.46 bits per heavy atom. The van der Waals surface area contributed by atoms with Gasteiger partial charge >= 0.3 is 6.03 Å². The van der Waals surface area contributed by atoms with Crippen molar-refractivity contribution in [2.24, 2.45) is 0 Å². The normalized spacial score (nSPS) is 12.4. The molecule has 0 aliphatic rings. The van der Waals surface area contributed by atoms with Crippen molar-refractivity contribution in [3.05, 3.63) is 54.4 Å². The van der Waals surface area contributed by atoms with Gasteiger partial charge in [0.25, 0.3) is 0 Å². The lowest BCUT2D eigenvalue weighted by Gasteiger charge is -2.28. The third-order valence-electron chi connectivity index (χ3n) is 4.22. The number of pyridine rings is 1. The standard InChI is InChI=1S/C19H25N3O3S/c1-4-5-8-18(15-7-6-13-20-14-15)22(2)19(23)21-16-9-11-17(12-10-16)26(3,24)25/h6-7,9-14,18H,4-5,8H2,1-3H3,(H,21,23)/t18-/m1/s1. The van der Waals surface area contributed by atoms with Crippen LogP contribution in [-0.2, 0) is 9.84 Å². The van der Waals surface area contributed by atoms with Gasteiger partial charge in [-0.05, 0) is 42.3 Å². The molecule has 140 valence electrons. The van der Waals surface area contributed by atoms with E-state index < -0.39 is 9.84 Å². The zero-order valence-corrected chi connectivity index (χ0v) is 16.2. The highest BCUT2D eigenvalue weighted by molar-refractivity contribution is 7.90. The van der Waals surface area contributed by atoms with E-state index in [1.807, 2.05) is 12.1 Å². The number of sulfone groups is 1. The van der Waals surface area contributed by atoms with E-state index in [4.69, 9.17) is 0 Å². The van der Waals surface area contributed by atoms with Crippen molar-refractivity contribution < 1.29 is 13.2 Å². The number of unbranched alkanes of at least 4 members (excludes halogenated alkanes) is 1. The topological polar surface area (TPSA) is 79.4 Å². The van der Waals surface area contributed by atoms with Gasteiger partial charge in [0, 0.05) is 31.4 Å². The summed E-state index contributed by atoms with van der Waals surface area (Å²) < 4.78 is 23.0. The summed E-state index contributed by atoms with van der Waals surface area (Å²) in [7, 11) is -1.50. The molecule has 0 aliphatic carbocycles. The first-order chi connectivity index (χ1) is 12.3. The Balaban J connectivity index is 2.13. The fourth-order valence-electron chi connectivity index (χ4n) is 2.69. The molecule has 6 nitrogen and oxygen atoms in total. The number of carbonyl (C=O) groups excluding carboxylic acids is 1. The van der Waals surface area contributed by atoms with E-state index in [1.165, 1.54) is 12.1 Å². The second kappa shape index (κ2) is 8.80. The van der Waals surface area contributed by atoms with Crippen LogP contribution in [0.1, 0.15) is 37.8 Å². The predicted molar refractivity (Wildman–Crippen MR) is 103 cm³/mol. The maximum Gasteiger partial charge on any atom is 0.322 e. The molecule has 7 heteroatoms. The Hall–Kier alpha value is -2.41. The summed E-state index contributed by atoms with van der Waals surface area (Å²) in [6.07, 6.45) is 7.54. The first-order valence-corrected chi connectivity index (χ1v) is 10.5. The number of nitrogens with one attached hydrogen (secondary N) is 1. The number of anilines is 1. The molecule has 1 heterocycles. The maximum atomic E-state index is 12.6. The van der Waals surface area contributed by atoms with E-state index in [1.54, 1.807) is 36.5 Å². The van der Waals surface area contributed by atoms with Gasteiger partial charge in [-0.1, -0.05) is 25.8 Å². The first kappa shape index (κ1) is 19.9. The second-order valence-electron chi connectivity index (χ2n) is 6.28. The number of nitrogens with zero attached hydrogens (tertiary/aromatic N) is 2. The molecule has 26 heavy (non-hydrogen) atoms.